The number of methoxy groups -OCH3 is 1. The Labute approximate surface area is 105 Å². The van der Waals surface area contributed by atoms with Gasteiger partial charge in [0.05, 0.1) is 6.10 Å². The molecule has 1 rings (SSSR count). The Morgan fingerprint density at radius 3 is 2.06 bits per heavy atom. The molecule has 0 aromatic rings. The van der Waals surface area contributed by atoms with E-state index in [0.717, 1.165) is 0 Å². The quantitative estimate of drug-likeness (QED) is 0.692. The van der Waals surface area contributed by atoms with Crippen molar-refractivity contribution in [1.82, 2.24) is 0 Å². The lowest BCUT2D eigenvalue weighted by atomic mass is 9.99. The fourth-order valence-electron chi connectivity index (χ4n) is 1.86. The molecule has 104 valence electrons. The summed E-state index contributed by atoms with van der Waals surface area (Å²) in [6.45, 7) is 4.08. The third kappa shape index (κ3) is 3.41. The molecule has 7 nitrogen and oxygen atoms in total. The van der Waals surface area contributed by atoms with E-state index in [1.165, 1.54) is 21.0 Å². The van der Waals surface area contributed by atoms with Gasteiger partial charge in [0.1, 0.15) is 6.10 Å². The molecule has 0 unspecified atom stereocenters. The maximum atomic E-state index is 11.0. The topological polar surface area (TPSA) is 91.3 Å². The van der Waals surface area contributed by atoms with Crippen molar-refractivity contribution >= 4 is 11.9 Å². The Hall–Kier alpha value is -1.18. The van der Waals surface area contributed by atoms with Crippen LogP contribution in [0.5, 0.6) is 0 Å². The highest BCUT2D eigenvalue weighted by Crippen LogP contribution is 2.26. The molecule has 0 aromatic heterocycles. The lowest BCUT2D eigenvalue weighted by Gasteiger charge is -2.41. The maximum absolute atomic E-state index is 11.0. The van der Waals surface area contributed by atoms with Crippen LogP contribution < -0.4 is 0 Å². The van der Waals surface area contributed by atoms with E-state index < -0.39 is 42.6 Å². The van der Waals surface area contributed by atoms with Gasteiger partial charge < -0.3 is 24.1 Å². The number of aliphatic hydroxyl groups excluding tert-OH is 1. The summed E-state index contributed by atoms with van der Waals surface area (Å²) in [6, 6.07) is 0. The van der Waals surface area contributed by atoms with Crippen LogP contribution in [0, 0.1) is 0 Å². The zero-order valence-electron chi connectivity index (χ0n) is 10.8. The van der Waals surface area contributed by atoms with Crippen molar-refractivity contribution < 1.29 is 33.6 Å². The predicted molar refractivity (Wildman–Crippen MR) is 58.5 cm³/mol. The van der Waals surface area contributed by atoms with Crippen molar-refractivity contribution in [2.24, 2.45) is 0 Å². The van der Waals surface area contributed by atoms with Crippen LogP contribution in [-0.4, -0.2) is 54.9 Å². The Morgan fingerprint density at radius 1 is 1.11 bits per heavy atom. The van der Waals surface area contributed by atoms with Crippen LogP contribution in [0.2, 0.25) is 0 Å². The van der Waals surface area contributed by atoms with Gasteiger partial charge in [-0.3, -0.25) is 9.59 Å². The van der Waals surface area contributed by atoms with Gasteiger partial charge in [-0.1, -0.05) is 0 Å². The smallest absolute Gasteiger partial charge is 0.303 e. The normalized spacial score (nSPS) is 35.9. The van der Waals surface area contributed by atoms with Crippen molar-refractivity contribution in [2.45, 2.75) is 51.5 Å². The molecule has 0 saturated carbocycles. The molecule has 0 aromatic carbocycles. The van der Waals surface area contributed by atoms with Gasteiger partial charge in [0.2, 0.25) is 0 Å². The molecule has 1 aliphatic rings. The average Bonchev–Trinajstić information content (AvgIpc) is 2.27. The Morgan fingerprint density at radius 2 is 1.61 bits per heavy atom. The molecule has 1 saturated heterocycles. The first-order valence-corrected chi connectivity index (χ1v) is 5.57. The van der Waals surface area contributed by atoms with Gasteiger partial charge in [0.15, 0.2) is 18.5 Å². The lowest BCUT2D eigenvalue weighted by Crippen LogP contribution is -2.59. The summed E-state index contributed by atoms with van der Waals surface area (Å²) in [7, 11) is 1.36. The minimum atomic E-state index is -1.22. The first-order chi connectivity index (χ1) is 8.36. The Balaban J connectivity index is 2.89. The van der Waals surface area contributed by atoms with Gasteiger partial charge in [-0.05, 0) is 6.92 Å². The summed E-state index contributed by atoms with van der Waals surface area (Å²) >= 11 is 0. The zero-order valence-corrected chi connectivity index (χ0v) is 10.8. The third-order valence-corrected chi connectivity index (χ3v) is 2.59. The monoisotopic (exact) mass is 262 g/mol. The molecule has 1 heterocycles. The van der Waals surface area contributed by atoms with E-state index in [4.69, 9.17) is 18.9 Å². The fraction of sp³-hybridized carbons (Fsp3) is 0.818. The van der Waals surface area contributed by atoms with Crippen molar-refractivity contribution in [1.29, 1.82) is 0 Å². The van der Waals surface area contributed by atoms with Gasteiger partial charge in [0, 0.05) is 21.0 Å². The minimum Gasteiger partial charge on any atom is -0.456 e. The molecule has 1 aliphatic heterocycles. The van der Waals surface area contributed by atoms with Crippen molar-refractivity contribution in [3.63, 3.8) is 0 Å². The highest BCUT2D eigenvalue weighted by atomic mass is 16.7. The standard InChI is InChI=1S/C11H18O7/c1-5-9(17-6(2)12)10(18-7(3)13)8(14)11(15-4)16-5/h5,8-11,14H,1-4H3/t5-,8-,9-,10-,11-/m0/s1. The number of hydrogen-bond acceptors (Lipinski definition) is 7. The molecule has 0 radical (unpaired) electrons. The number of hydrogen-bond donors (Lipinski definition) is 1. The van der Waals surface area contributed by atoms with Crippen LogP contribution in [0.4, 0.5) is 0 Å². The van der Waals surface area contributed by atoms with E-state index in [-0.39, 0.29) is 0 Å². The van der Waals surface area contributed by atoms with E-state index >= 15 is 0 Å². The van der Waals surface area contributed by atoms with Crippen LogP contribution in [0.15, 0.2) is 0 Å². The first-order valence-electron chi connectivity index (χ1n) is 5.57. The molecule has 18 heavy (non-hydrogen) atoms. The second-order valence-electron chi connectivity index (χ2n) is 4.08. The molecule has 1 fully saturated rings. The molecular weight excluding hydrogens is 244 g/mol. The van der Waals surface area contributed by atoms with Gasteiger partial charge in [-0.2, -0.15) is 0 Å². The molecular formula is C11H18O7. The van der Waals surface area contributed by atoms with Crippen LogP contribution >= 0.6 is 0 Å². The van der Waals surface area contributed by atoms with Crippen LogP contribution in [0.1, 0.15) is 20.8 Å². The molecule has 0 spiro atoms. The lowest BCUT2D eigenvalue weighted by molar-refractivity contribution is -0.291. The number of carbonyl (C=O) groups is 2. The summed E-state index contributed by atoms with van der Waals surface area (Å²) in [4.78, 5) is 22.1. The zero-order chi connectivity index (χ0) is 13.9. The van der Waals surface area contributed by atoms with Gasteiger partial charge >= 0.3 is 11.9 Å². The third-order valence-electron chi connectivity index (χ3n) is 2.59. The van der Waals surface area contributed by atoms with Gasteiger partial charge in [0.25, 0.3) is 0 Å². The molecule has 5 atom stereocenters. The molecule has 0 amide bonds. The Bertz CT molecular complexity index is 317. The number of carbonyl (C=O) groups excluding carboxylic acids is 2. The van der Waals surface area contributed by atoms with Crippen LogP contribution in [-0.2, 0) is 28.5 Å². The van der Waals surface area contributed by atoms with Crippen molar-refractivity contribution in [3.8, 4) is 0 Å². The maximum Gasteiger partial charge on any atom is 0.303 e. The van der Waals surface area contributed by atoms with Gasteiger partial charge in [-0.25, -0.2) is 0 Å². The number of ether oxygens (including phenoxy) is 4. The minimum absolute atomic E-state index is 0.546. The molecule has 1 N–H and O–H groups in total. The highest BCUT2D eigenvalue weighted by Gasteiger charge is 2.47. The number of aliphatic hydroxyl groups is 1. The summed E-state index contributed by atoms with van der Waals surface area (Å²) in [5.74, 6) is -1.13. The highest BCUT2D eigenvalue weighted by molar-refractivity contribution is 5.67. The van der Waals surface area contributed by atoms with E-state index in [9.17, 15) is 14.7 Å². The summed E-state index contributed by atoms with van der Waals surface area (Å²) < 4.78 is 20.3. The summed E-state index contributed by atoms with van der Waals surface area (Å²) in [6.07, 6.45) is -4.60. The van der Waals surface area contributed by atoms with Crippen LogP contribution in [0.25, 0.3) is 0 Å². The number of esters is 2. The molecule has 0 aliphatic carbocycles. The molecule has 7 heteroatoms. The average molecular weight is 262 g/mol. The Kier molecular flexibility index (Phi) is 5.06. The van der Waals surface area contributed by atoms with E-state index in [1.54, 1.807) is 6.92 Å². The summed E-state index contributed by atoms with van der Waals surface area (Å²) in [5, 5.41) is 9.96. The predicted octanol–water partition coefficient (Wildman–Crippen LogP) is -0.398. The second kappa shape index (κ2) is 6.12. The number of rotatable bonds is 3. The molecule has 0 bridgehead atoms. The van der Waals surface area contributed by atoms with Crippen LogP contribution in [0.3, 0.4) is 0 Å². The fourth-order valence-corrected chi connectivity index (χ4v) is 1.86. The first kappa shape index (κ1) is 14.9. The van der Waals surface area contributed by atoms with Crippen molar-refractivity contribution in [3.05, 3.63) is 0 Å². The second-order valence-corrected chi connectivity index (χ2v) is 4.08. The van der Waals surface area contributed by atoms with E-state index in [2.05, 4.69) is 0 Å². The summed E-state index contributed by atoms with van der Waals surface area (Å²) in [5.41, 5.74) is 0. The van der Waals surface area contributed by atoms with E-state index in [1.807, 2.05) is 0 Å². The van der Waals surface area contributed by atoms with E-state index in [0.29, 0.717) is 0 Å². The van der Waals surface area contributed by atoms with Gasteiger partial charge in [-0.15, -0.1) is 0 Å². The van der Waals surface area contributed by atoms with Crippen molar-refractivity contribution in [2.75, 3.05) is 7.11 Å². The largest absolute Gasteiger partial charge is 0.456 e. The SMILES string of the molecule is CO[C@H]1O[C@@H](C)[C@H](OC(C)=O)[C@@H](OC(C)=O)[C@@H]1O.